The number of unbranched alkanes of at least 4 members (excludes halogenated alkanes) is 36. The Morgan fingerprint density at radius 3 is 0.880 bits per heavy atom. The van der Waals surface area contributed by atoms with Gasteiger partial charge in [-0.2, -0.15) is 0 Å². The summed E-state index contributed by atoms with van der Waals surface area (Å²) in [6.45, 7) is 2.30. The molecule has 0 saturated heterocycles. The summed E-state index contributed by atoms with van der Waals surface area (Å²) < 4.78 is 33.5. The molecule has 0 aliphatic rings. The first-order valence-electron chi connectivity index (χ1n) is 22.1. The fraction of sp³-hybridized carbons (Fsp3) is 0.867. The third kappa shape index (κ3) is 35.2. The Kier molecular flexibility index (Phi) is 38.9. The van der Waals surface area contributed by atoms with E-state index in [0.29, 0.717) is 0 Å². The summed E-state index contributed by atoms with van der Waals surface area (Å²) in [7, 11) is -4.35. The third-order valence-electron chi connectivity index (χ3n) is 10.8. The molecule has 0 unspecified atom stereocenters. The van der Waals surface area contributed by atoms with Gasteiger partial charge in [-0.3, -0.25) is 0 Å². The van der Waals surface area contributed by atoms with Gasteiger partial charge in [0.2, 0.25) is 0 Å². The molecular weight excluding hydrogens is 644 g/mol. The molecule has 0 fully saturated rings. The van der Waals surface area contributed by atoms with Gasteiger partial charge in [0.25, 0.3) is 0 Å². The molecule has 288 valence electrons. The molecule has 5 heteroatoms. The van der Waals surface area contributed by atoms with Crippen LogP contribution < -0.4 is 29.6 Å². The van der Waals surface area contributed by atoms with E-state index in [-0.39, 0.29) is 34.5 Å². The number of hydrogen-bond acceptors (Lipinski definition) is 3. The zero-order valence-electron chi connectivity index (χ0n) is 33.8. The molecule has 0 heterocycles. The van der Waals surface area contributed by atoms with Crippen LogP contribution in [0.15, 0.2) is 29.2 Å². The second-order valence-electron chi connectivity index (χ2n) is 15.6. The van der Waals surface area contributed by atoms with E-state index >= 15 is 0 Å². The van der Waals surface area contributed by atoms with E-state index in [1.807, 2.05) is 6.07 Å². The molecule has 0 bridgehead atoms. The van der Waals surface area contributed by atoms with Gasteiger partial charge in [-0.15, -0.1) is 0 Å². The van der Waals surface area contributed by atoms with Crippen LogP contribution in [0.4, 0.5) is 0 Å². The minimum Gasteiger partial charge on any atom is -0.744 e. The van der Waals surface area contributed by atoms with E-state index in [4.69, 9.17) is 0 Å². The summed E-state index contributed by atoms with van der Waals surface area (Å²) in [6, 6.07) is 6.51. The molecule has 50 heavy (non-hydrogen) atoms. The minimum atomic E-state index is -4.35. The Labute approximate surface area is 336 Å². The van der Waals surface area contributed by atoms with Gasteiger partial charge in [0.05, 0.1) is 4.90 Å². The Morgan fingerprint density at radius 2 is 0.640 bits per heavy atom. The topological polar surface area (TPSA) is 57.2 Å². The van der Waals surface area contributed by atoms with Crippen molar-refractivity contribution in [3.8, 4) is 0 Å². The van der Waals surface area contributed by atoms with E-state index in [1.165, 1.54) is 243 Å². The zero-order chi connectivity index (χ0) is 35.4. The second-order valence-corrected chi connectivity index (χ2v) is 17.0. The Bertz CT molecular complexity index is 919. The summed E-state index contributed by atoms with van der Waals surface area (Å²) in [4.78, 5) is -0.105. The van der Waals surface area contributed by atoms with Crippen LogP contribution in [0.2, 0.25) is 0 Å². The van der Waals surface area contributed by atoms with Gasteiger partial charge in [0.15, 0.2) is 0 Å². The largest absolute Gasteiger partial charge is 1.00 e. The Balaban J connectivity index is 0.0000240. The quantitative estimate of drug-likeness (QED) is 0.0385. The minimum absolute atomic E-state index is 0. The number of hydrogen-bond donors (Lipinski definition) is 0. The van der Waals surface area contributed by atoms with Crippen molar-refractivity contribution in [2.24, 2.45) is 0 Å². The number of benzene rings is 1. The molecule has 0 saturated carbocycles. The molecule has 0 aliphatic carbocycles. The molecule has 0 N–H and O–H groups in total. The maximum Gasteiger partial charge on any atom is 1.00 e. The van der Waals surface area contributed by atoms with Gasteiger partial charge in [0, 0.05) is 0 Å². The smallest absolute Gasteiger partial charge is 0.744 e. The number of aryl methyl sites for hydroxylation is 1. The molecule has 1 aromatic carbocycles. The van der Waals surface area contributed by atoms with Gasteiger partial charge < -0.3 is 4.55 Å². The molecule has 0 spiro atoms. The summed E-state index contributed by atoms with van der Waals surface area (Å²) in [5.41, 5.74) is 0.952. The Morgan fingerprint density at radius 1 is 0.400 bits per heavy atom. The molecule has 0 radical (unpaired) electrons. The standard InChI is InChI=1S/C45H84O3S.Na/c1-2-3-4-5-6-7-8-9-10-11-12-13-14-15-16-17-18-19-20-21-22-23-24-25-26-27-28-29-30-31-32-33-34-35-36-37-38-40-44-41-39-42-45(43-44)49(46,47)48;/h39,41-43H,2-38,40H2,1H3,(H,46,47,48);/q;+1/p-1. The average Bonchev–Trinajstić information content (AvgIpc) is 3.09. The van der Waals surface area contributed by atoms with Crippen molar-refractivity contribution in [3.05, 3.63) is 29.8 Å². The van der Waals surface area contributed by atoms with Crippen LogP contribution in [0.1, 0.15) is 250 Å². The first-order chi connectivity index (χ1) is 24.0. The van der Waals surface area contributed by atoms with Crippen molar-refractivity contribution >= 4 is 10.1 Å². The fourth-order valence-corrected chi connectivity index (χ4v) is 7.99. The van der Waals surface area contributed by atoms with E-state index in [1.54, 1.807) is 6.07 Å². The first-order valence-corrected chi connectivity index (χ1v) is 23.5. The molecular formula is C45H83NaO3S. The Hall–Kier alpha value is 0.130. The van der Waals surface area contributed by atoms with Crippen molar-refractivity contribution in [3.63, 3.8) is 0 Å². The van der Waals surface area contributed by atoms with Gasteiger partial charge in [0.1, 0.15) is 10.1 Å². The summed E-state index contributed by atoms with van der Waals surface area (Å²) in [5.74, 6) is 0. The van der Waals surface area contributed by atoms with Gasteiger partial charge in [-0.25, -0.2) is 8.42 Å². The molecule has 0 amide bonds. The van der Waals surface area contributed by atoms with E-state index < -0.39 is 10.1 Å². The maximum absolute atomic E-state index is 11.2. The van der Waals surface area contributed by atoms with Crippen molar-refractivity contribution < 1.29 is 42.5 Å². The fourth-order valence-electron chi connectivity index (χ4n) is 7.45. The van der Waals surface area contributed by atoms with Crippen LogP contribution in [-0.4, -0.2) is 13.0 Å². The van der Waals surface area contributed by atoms with E-state index in [9.17, 15) is 13.0 Å². The average molecular weight is 727 g/mol. The SMILES string of the molecule is CCCCCCCCCCCCCCCCCCCCCCCCCCCCCCCCCCCCCCCc1cccc(S(=O)(=O)[O-])c1.[Na+]. The van der Waals surface area contributed by atoms with Crippen LogP contribution in [0.25, 0.3) is 0 Å². The second kappa shape index (κ2) is 38.8. The molecule has 1 rings (SSSR count). The van der Waals surface area contributed by atoms with Crippen molar-refractivity contribution in [1.82, 2.24) is 0 Å². The zero-order valence-corrected chi connectivity index (χ0v) is 36.6. The predicted molar refractivity (Wildman–Crippen MR) is 215 cm³/mol. The first kappa shape index (κ1) is 50.1. The van der Waals surface area contributed by atoms with Gasteiger partial charge in [-0.05, 0) is 30.5 Å². The molecule has 0 aromatic heterocycles. The molecule has 0 atom stereocenters. The maximum atomic E-state index is 11.2. The van der Waals surface area contributed by atoms with Crippen molar-refractivity contribution in [2.75, 3.05) is 0 Å². The summed E-state index contributed by atoms with van der Waals surface area (Å²) in [5, 5.41) is 0. The van der Waals surface area contributed by atoms with Crippen LogP contribution >= 0.6 is 0 Å². The van der Waals surface area contributed by atoms with Crippen LogP contribution in [0.5, 0.6) is 0 Å². The van der Waals surface area contributed by atoms with Gasteiger partial charge >= 0.3 is 29.6 Å². The normalized spacial score (nSPS) is 11.6. The van der Waals surface area contributed by atoms with Crippen LogP contribution in [0.3, 0.4) is 0 Å². The molecule has 3 nitrogen and oxygen atoms in total. The molecule has 1 aromatic rings. The van der Waals surface area contributed by atoms with Crippen molar-refractivity contribution in [1.29, 1.82) is 0 Å². The summed E-state index contributed by atoms with van der Waals surface area (Å²) >= 11 is 0. The van der Waals surface area contributed by atoms with E-state index in [0.717, 1.165) is 18.4 Å². The van der Waals surface area contributed by atoms with Gasteiger partial charge in [-0.1, -0.05) is 250 Å². The monoisotopic (exact) mass is 727 g/mol. The van der Waals surface area contributed by atoms with Crippen molar-refractivity contribution in [2.45, 2.75) is 256 Å². The molecule has 0 aliphatic heterocycles. The van der Waals surface area contributed by atoms with E-state index in [2.05, 4.69) is 6.92 Å². The third-order valence-corrected chi connectivity index (χ3v) is 11.6. The number of rotatable bonds is 39. The predicted octanol–water partition coefficient (Wildman–Crippen LogP) is 12.6. The van der Waals surface area contributed by atoms with Crippen LogP contribution in [0, 0.1) is 0 Å². The summed E-state index contributed by atoms with van der Waals surface area (Å²) in [6.07, 6.45) is 53.4. The van der Waals surface area contributed by atoms with Crippen LogP contribution in [-0.2, 0) is 16.5 Å².